The fourth-order valence-corrected chi connectivity index (χ4v) is 1.22. The topological polar surface area (TPSA) is 54.0 Å². The highest BCUT2D eigenvalue weighted by Gasteiger charge is 2.18. The minimum absolute atomic E-state index is 0.287. The Morgan fingerprint density at radius 2 is 1.79 bits per heavy atom. The van der Waals surface area contributed by atoms with Gasteiger partial charge in [0, 0.05) is 24.2 Å². The predicted octanol–water partition coefficient (Wildman–Crippen LogP) is 2.10. The second kappa shape index (κ2) is 9.49. The zero-order valence-electron chi connectivity index (χ0n) is 8.89. The number of ether oxygens (including phenoxy) is 2. The second-order valence-corrected chi connectivity index (χ2v) is 3.44. The fraction of sp³-hybridized carbons (Fsp3) is 1.00. The van der Waals surface area contributed by atoms with Crippen LogP contribution in [0.1, 0.15) is 20.3 Å². The molecule has 84 valence electrons. The Hall–Kier alpha value is -0.0600. The lowest BCUT2D eigenvalue weighted by atomic mass is 10.4. The first-order valence-electron chi connectivity index (χ1n) is 4.62. The first-order valence-corrected chi connectivity index (χ1v) is 5.71. The Morgan fingerprint density at radius 1 is 1.21 bits per heavy atom. The van der Waals surface area contributed by atoms with E-state index < -0.39 is 8.25 Å². The molecule has 0 amide bonds. The van der Waals surface area contributed by atoms with Crippen LogP contribution in [0.15, 0.2) is 0 Å². The summed E-state index contributed by atoms with van der Waals surface area (Å²) >= 11 is 0. The standard InChI is InChI=1S/C8H18O5P/c1-4-11-8(12-5-2)6-7-13-14(9)10-3/h8H,4-7H2,1-3H3/q+1. The van der Waals surface area contributed by atoms with Crippen LogP contribution in [-0.4, -0.2) is 33.2 Å². The Bertz CT molecular complexity index is 147. The SMILES string of the molecule is CCOC(CCO[P+](=O)OC)OCC. The number of hydrogen-bond acceptors (Lipinski definition) is 5. The van der Waals surface area contributed by atoms with E-state index in [1.807, 2.05) is 13.8 Å². The van der Waals surface area contributed by atoms with Crippen LogP contribution in [0, 0.1) is 0 Å². The van der Waals surface area contributed by atoms with Crippen molar-refractivity contribution in [1.82, 2.24) is 0 Å². The maximum atomic E-state index is 10.7. The Kier molecular flexibility index (Phi) is 9.45. The van der Waals surface area contributed by atoms with Crippen molar-refractivity contribution < 1.29 is 23.1 Å². The molecular weight excluding hydrogens is 207 g/mol. The molecule has 0 rings (SSSR count). The van der Waals surface area contributed by atoms with Gasteiger partial charge in [0.25, 0.3) is 0 Å². The number of rotatable bonds is 9. The average molecular weight is 225 g/mol. The van der Waals surface area contributed by atoms with Crippen LogP contribution in [0.4, 0.5) is 0 Å². The summed E-state index contributed by atoms with van der Waals surface area (Å²) in [5, 5.41) is 0. The molecule has 0 aliphatic rings. The summed E-state index contributed by atoms with van der Waals surface area (Å²) in [5.74, 6) is 0. The van der Waals surface area contributed by atoms with Crippen molar-refractivity contribution in [3.05, 3.63) is 0 Å². The van der Waals surface area contributed by atoms with Crippen molar-refractivity contribution in [2.75, 3.05) is 26.9 Å². The molecule has 0 saturated carbocycles. The Morgan fingerprint density at radius 3 is 2.21 bits per heavy atom. The molecule has 1 unspecified atom stereocenters. The summed E-state index contributed by atoms with van der Waals surface area (Å²) in [5.41, 5.74) is 0. The summed E-state index contributed by atoms with van der Waals surface area (Å²) in [6, 6.07) is 0. The predicted molar refractivity (Wildman–Crippen MR) is 52.2 cm³/mol. The molecule has 0 bridgehead atoms. The lowest BCUT2D eigenvalue weighted by Crippen LogP contribution is -2.18. The van der Waals surface area contributed by atoms with Gasteiger partial charge in [0.15, 0.2) is 6.29 Å². The highest BCUT2D eigenvalue weighted by atomic mass is 31.1. The van der Waals surface area contributed by atoms with E-state index in [1.54, 1.807) is 0 Å². The van der Waals surface area contributed by atoms with Gasteiger partial charge in [-0.25, -0.2) is 0 Å². The minimum Gasteiger partial charge on any atom is -0.353 e. The molecule has 0 aromatic heterocycles. The maximum Gasteiger partial charge on any atom is 0.697 e. The summed E-state index contributed by atoms with van der Waals surface area (Å²) in [6.45, 7) is 5.25. The van der Waals surface area contributed by atoms with Gasteiger partial charge in [-0.3, -0.25) is 0 Å². The normalized spacial score (nSPS) is 12.1. The molecule has 14 heavy (non-hydrogen) atoms. The van der Waals surface area contributed by atoms with Crippen molar-refractivity contribution in [1.29, 1.82) is 0 Å². The number of hydrogen-bond donors (Lipinski definition) is 0. The van der Waals surface area contributed by atoms with Crippen molar-refractivity contribution >= 4 is 8.25 Å². The van der Waals surface area contributed by atoms with Gasteiger partial charge in [-0.05, 0) is 13.8 Å². The van der Waals surface area contributed by atoms with E-state index in [0.29, 0.717) is 26.2 Å². The molecule has 0 aliphatic carbocycles. The van der Waals surface area contributed by atoms with E-state index in [2.05, 4.69) is 4.52 Å². The molecule has 0 N–H and O–H groups in total. The third-order valence-electron chi connectivity index (χ3n) is 1.40. The third-order valence-corrected chi connectivity index (χ3v) is 2.10. The first kappa shape index (κ1) is 13.9. The lowest BCUT2D eigenvalue weighted by molar-refractivity contribution is -0.142. The van der Waals surface area contributed by atoms with Gasteiger partial charge in [0.05, 0.1) is 7.11 Å². The molecule has 6 heteroatoms. The van der Waals surface area contributed by atoms with Crippen molar-refractivity contribution in [3.63, 3.8) is 0 Å². The van der Waals surface area contributed by atoms with Crippen molar-refractivity contribution in [3.8, 4) is 0 Å². The second-order valence-electron chi connectivity index (χ2n) is 2.37. The molecule has 0 heterocycles. The van der Waals surface area contributed by atoms with Gasteiger partial charge in [0.2, 0.25) is 0 Å². The molecule has 0 aromatic rings. The Balaban J connectivity index is 3.54. The smallest absolute Gasteiger partial charge is 0.353 e. The molecule has 0 saturated heterocycles. The van der Waals surface area contributed by atoms with Crippen LogP contribution in [0.25, 0.3) is 0 Å². The summed E-state index contributed by atoms with van der Waals surface area (Å²) in [4.78, 5) is 0. The van der Waals surface area contributed by atoms with Crippen LogP contribution in [0.3, 0.4) is 0 Å². The summed E-state index contributed by atoms with van der Waals surface area (Å²) in [6.07, 6.45) is 0.261. The van der Waals surface area contributed by atoms with Crippen LogP contribution in [0.2, 0.25) is 0 Å². The van der Waals surface area contributed by atoms with Crippen LogP contribution >= 0.6 is 8.25 Å². The molecule has 0 fully saturated rings. The highest BCUT2D eigenvalue weighted by Crippen LogP contribution is 2.22. The average Bonchev–Trinajstić information content (AvgIpc) is 2.18. The molecular formula is C8H18O5P+. The van der Waals surface area contributed by atoms with E-state index in [0.717, 1.165) is 0 Å². The van der Waals surface area contributed by atoms with Crippen LogP contribution in [-0.2, 0) is 23.1 Å². The largest absolute Gasteiger partial charge is 0.697 e. The van der Waals surface area contributed by atoms with Crippen molar-refractivity contribution in [2.24, 2.45) is 0 Å². The fourth-order valence-electron chi connectivity index (χ4n) is 0.863. The van der Waals surface area contributed by atoms with Gasteiger partial charge in [-0.15, -0.1) is 9.05 Å². The summed E-state index contributed by atoms with van der Waals surface area (Å²) in [7, 11) is -0.654. The highest BCUT2D eigenvalue weighted by molar-refractivity contribution is 7.33. The van der Waals surface area contributed by atoms with E-state index in [4.69, 9.17) is 14.0 Å². The van der Waals surface area contributed by atoms with Gasteiger partial charge in [-0.2, -0.15) is 0 Å². The minimum atomic E-state index is -1.99. The van der Waals surface area contributed by atoms with Crippen LogP contribution in [0.5, 0.6) is 0 Å². The van der Waals surface area contributed by atoms with Gasteiger partial charge in [0.1, 0.15) is 6.61 Å². The van der Waals surface area contributed by atoms with Crippen LogP contribution < -0.4 is 0 Å². The van der Waals surface area contributed by atoms with E-state index in [1.165, 1.54) is 7.11 Å². The van der Waals surface area contributed by atoms with Crippen molar-refractivity contribution in [2.45, 2.75) is 26.6 Å². The van der Waals surface area contributed by atoms with Gasteiger partial charge in [-0.1, -0.05) is 0 Å². The van der Waals surface area contributed by atoms with E-state index >= 15 is 0 Å². The molecule has 1 atom stereocenters. The van der Waals surface area contributed by atoms with E-state index in [9.17, 15) is 4.57 Å². The molecule has 0 spiro atoms. The lowest BCUT2D eigenvalue weighted by Gasteiger charge is -2.14. The first-order chi connectivity index (χ1) is 6.74. The zero-order chi connectivity index (χ0) is 10.8. The van der Waals surface area contributed by atoms with E-state index in [-0.39, 0.29) is 6.29 Å². The molecule has 0 aliphatic heterocycles. The summed E-state index contributed by atoms with van der Waals surface area (Å²) < 4.78 is 30.5. The Labute approximate surface area is 85.6 Å². The van der Waals surface area contributed by atoms with Gasteiger partial charge >= 0.3 is 8.25 Å². The quantitative estimate of drug-likeness (QED) is 0.444. The molecule has 0 aromatic carbocycles. The maximum absolute atomic E-state index is 10.7. The zero-order valence-corrected chi connectivity index (χ0v) is 9.79. The third kappa shape index (κ3) is 7.35. The van der Waals surface area contributed by atoms with Gasteiger partial charge < -0.3 is 9.47 Å². The molecule has 5 nitrogen and oxygen atoms in total. The molecule has 0 radical (unpaired) electrons. The monoisotopic (exact) mass is 225 g/mol.